The largest absolute Gasteiger partial charge is 0.465 e. The lowest BCUT2D eigenvalue weighted by molar-refractivity contribution is -0.684. The maximum atomic E-state index is 12.1. The van der Waals surface area contributed by atoms with Crippen LogP contribution in [0.25, 0.3) is 0 Å². The summed E-state index contributed by atoms with van der Waals surface area (Å²) in [5.74, 6) is -0.546. The van der Waals surface area contributed by atoms with E-state index in [9.17, 15) is 9.59 Å². The van der Waals surface area contributed by atoms with Gasteiger partial charge in [-0.3, -0.25) is 4.79 Å². The van der Waals surface area contributed by atoms with Crippen LogP contribution in [0.1, 0.15) is 28.9 Å². The van der Waals surface area contributed by atoms with Crippen molar-refractivity contribution in [1.29, 1.82) is 0 Å². The van der Waals surface area contributed by atoms with Gasteiger partial charge in [-0.25, -0.2) is 4.79 Å². The molecule has 0 spiro atoms. The fourth-order valence-electron chi connectivity index (χ4n) is 2.14. The van der Waals surface area contributed by atoms with Crippen LogP contribution in [0.4, 0.5) is 0 Å². The molecule has 0 radical (unpaired) electrons. The maximum Gasteiger partial charge on any atom is 0.343 e. The van der Waals surface area contributed by atoms with Gasteiger partial charge in [-0.05, 0) is 18.6 Å². The number of ether oxygens (including phenoxy) is 1. The quantitative estimate of drug-likeness (QED) is 0.674. The van der Waals surface area contributed by atoms with Crippen LogP contribution in [0.15, 0.2) is 54.9 Å². The number of hydrogen-bond acceptors (Lipinski definition) is 3. The molecule has 1 amide bonds. The molecule has 0 aliphatic heterocycles. The third-order valence-corrected chi connectivity index (χ3v) is 3.28. The Hall–Kier alpha value is -2.69. The molecule has 22 heavy (non-hydrogen) atoms. The Morgan fingerprint density at radius 1 is 1.18 bits per heavy atom. The van der Waals surface area contributed by atoms with E-state index in [2.05, 4.69) is 10.1 Å². The van der Waals surface area contributed by atoms with Crippen molar-refractivity contribution in [2.45, 2.75) is 19.5 Å². The van der Waals surface area contributed by atoms with E-state index in [0.717, 1.165) is 5.56 Å². The van der Waals surface area contributed by atoms with E-state index in [-0.39, 0.29) is 18.5 Å². The first kappa shape index (κ1) is 15.7. The molecule has 0 aliphatic rings. The summed E-state index contributed by atoms with van der Waals surface area (Å²) in [6.07, 6.45) is 3.33. The van der Waals surface area contributed by atoms with Gasteiger partial charge in [0.1, 0.15) is 5.56 Å². The van der Waals surface area contributed by atoms with Gasteiger partial charge >= 0.3 is 5.97 Å². The number of carbonyl (C=O) groups excluding carboxylic acids is 2. The number of amides is 1. The smallest absolute Gasteiger partial charge is 0.343 e. The normalized spacial score (nSPS) is 11.5. The summed E-state index contributed by atoms with van der Waals surface area (Å²) in [6.45, 7) is 2.07. The van der Waals surface area contributed by atoms with Gasteiger partial charge in [0.15, 0.2) is 12.4 Å². The van der Waals surface area contributed by atoms with E-state index in [1.54, 1.807) is 29.1 Å². The van der Waals surface area contributed by atoms with E-state index in [1.807, 2.05) is 37.3 Å². The van der Waals surface area contributed by atoms with Crippen LogP contribution in [0.2, 0.25) is 0 Å². The van der Waals surface area contributed by atoms with E-state index in [0.29, 0.717) is 5.56 Å². The summed E-state index contributed by atoms with van der Waals surface area (Å²) in [6, 6.07) is 13.0. The number of benzene rings is 1. The predicted molar refractivity (Wildman–Crippen MR) is 81.0 cm³/mol. The molecule has 1 atom stereocenters. The molecule has 1 aromatic heterocycles. The van der Waals surface area contributed by atoms with Crippen molar-refractivity contribution in [3.05, 3.63) is 66.0 Å². The summed E-state index contributed by atoms with van der Waals surface area (Å²) in [5.41, 5.74) is 1.46. The second-order valence-corrected chi connectivity index (χ2v) is 4.96. The fraction of sp³-hybridized carbons (Fsp3) is 0.235. The third kappa shape index (κ3) is 4.15. The van der Waals surface area contributed by atoms with E-state index in [4.69, 9.17) is 0 Å². The zero-order valence-electron chi connectivity index (χ0n) is 12.7. The van der Waals surface area contributed by atoms with Crippen LogP contribution in [-0.4, -0.2) is 19.0 Å². The van der Waals surface area contributed by atoms with Crippen molar-refractivity contribution < 1.29 is 18.9 Å². The number of aromatic nitrogens is 1. The summed E-state index contributed by atoms with van der Waals surface area (Å²) in [5, 5.41) is 2.93. The Kier molecular flexibility index (Phi) is 5.25. The molecule has 1 N–H and O–H groups in total. The molecule has 0 aliphatic carbocycles. The molecule has 0 bridgehead atoms. The number of rotatable bonds is 5. The number of hydrogen-bond donors (Lipinski definition) is 1. The van der Waals surface area contributed by atoms with Gasteiger partial charge in [0.05, 0.1) is 13.2 Å². The van der Waals surface area contributed by atoms with E-state index in [1.165, 1.54) is 7.11 Å². The van der Waals surface area contributed by atoms with Crippen molar-refractivity contribution in [1.82, 2.24) is 5.32 Å². The molecule has 1 heterocycles. The van der Waals surface area contributed by atoms with Crippen molar-refractivity contribution >= 4 is 11.9 Å². The molecule has 2 aromatic rings. The van der Waals surface area contributed by atoms with Crippen LogP contribution in [-0.2, 0) is 16.1 Å². The molecule has 0 fully saturated rings. The SMILES string of the molecule is COC(=O)c1ccc[n+](CC(=O)N[C@H](C)c2ccccc2)c1. The number of pyridine rings is 1. The van der Waals surface area contributed by atoms with Gasteiger partial charge < -0.3 is 10.1 Å². The minimum absolute atomic E-state index is 0.0712. The highest BCUT2D eigenvalue weighted by Crippen LogP contribution is 2.10. The first-order valence-corrected chi connectivity index (χ1v) is 7.02. The molecular weight excluding hydrogens is 280 g/mol. The number of esters is 1. The molecule has 114 valence electrons. The van der Waals surface area contributed by atoms with Gasteiger partial charge in [-0.2, -0.15) is 4.57 Å². The third-order valence-electron chi connectivity index (χ3n) is 3.28. The van der Waals surface area contributed by atoms with Gasteiger partial charge in [-0.15, -0.1) is 0 Å². The van der Waals surface area contributed by atoms with Crippen LogP contribution in [0, 0.1) is 0 Å². The Morgan fingerprint density at radius 2 is 1.91 bits per heavy atom. The Balaban J connectivity index is 1.99. The molecule has 0 saturated carbocycles. The predicted octanol–water partition coefficient (Wildman–Crippen LogP) is 1.64. The molecule has 0 saturated heterocycles. The second-order valence-electron chi connectivity index (χ2n) is 4.96. The summed E-state index contributed by atoms with van der Waals surface area (Å²) in [4.78, 5) is 23.6. The fourth-order valence-corrected chi connectivity index (χ4v) is 2.14. The molecule has 5 heteroatoms. The van der Waals surface area contributed by atoms with Crippen molar-refractivity contribution in [2.75, 3.05) is 7.11 Å². The highest BCUT2D eigenvalue weighted by Gasteiger charge is 2.15. The lowest BCUT2D eigenvalue weighted by Crippen LogP contribution is -2.43. The molecule has 1 aromatic carbocycles. The second kappa shape index (κ2) is 7.36. The summed E-state index contributed by atoms with van der Waals surface area (Å²) >= 11 is 0. The summed E-state index contributed by atoms with van der Waals surface area (Å²) < 4.78 is 6.32. The lowest BCUT2D eigenvalue weighted by Gasteiger charge is -2.12. The van der Waals surface area contributed by atoms with Gasteiger partial charge in [0.25, 0.3) is 5.91 Å². The Morgan fingerprint density at radius 3 is 2.59 bits per heavy atom. The van der Waals surface area contributed by atoms with Crippen LogP contribution in [0.5, 0.6) is 0 Å². The molecule has 2 rings (SSSR count). The first-order valence-electron chi connectivity index (χ1n) is 7.02. The highest BCUT2D eigenvalue weighted by atomic mass is 16.5. The van der Waals surface area contributed by atoms with E-state index >= 15 is 0 Å². The first-order chi connectivity index (χ1) is 10.6. The highest BCUT2D eigenvalue weighted by molar-refractivity contribution is 5.88. The average Bonchev–Trinajstić information content (AvgIpc) is 2.55. The number of nitrogens with one attached hydrogen (secondary N) is 1. The Bertz CT molecular complexity index is 656. The molecular formula is C17H19N2O3+. The van der Waals surface area contributed by atoms with Crippen molar-refractivity contribution in [3.63, 3.8) is 0 Å². The minimum atomic E-state index is -0.424. The average molecular weight is 299 g/mol. The minimum Gasteiger partial charge on any atom is -0.465 e. The monoisotopic (exact) mass is 299 g/mol. The maximum absolute atomic E-state index is 12.1. The zero-order valence-corrected chi connectivity index (χ0v) is 12.7. The van der Waals surface area contributed by atoms with Crippen LogP contribution >= 0.6 is 0 Å². The number of carbonyl (C=O) groups is 2. The van der Waals surface area contributed by atoms with E-state index < -0.39 is 5.97 Å². The van der Waals surface area contributed by atoms with Crippen LogP contribution < -0.4 is 9.88 Å². The van der Waals surface area contributed by atoms with Crippen molar-refractivity contribution in [3.8, 4) is 0 Å². The number of methoxy groups -OCH3 is 1. The summed E-state index contributed by atoms with van der Waals surface area (Å²) in [7, 11) is 1.33. The van der Waals surface area contributed by atoms with Gasteiger partial charge in [0, 0.05) is 6.07 Å². The Labute approximate surface area is 129 Å². The van der Waals surface area contributed by atoms with Crippen molar-refractivity contribution in [2.24, 2.45) is 0 Å². The van der Waals surface area contributed by atoms with Gasteiger partial charge in [-0.1, -0.05) is 30.3 Å². The van der Waals surface area contributed by atoms with Gasteiger partial charge in [0.2, 0.25) is 6.54 Å². The zero-order chi connectivity index (χ0) is 15.9. The van der Waals surface area contributed by atoms with Crippen LogP contribution in [0.3, 0.4) is 0 Å². The molecule has 5 nitrogen and oxygen atoms in total. The topological polar surface area (TPSA) is 59.3 Å². The number of nitrogens with zero attached hydrogens (tertiary/aromatic N) is 1. The standard InChI is InChI=1S/C17H18N2O3/c1-13(14-7-4-3-5-8-14)18-16(20)12-19-10-6-9-15(11-19)17(21)22-2/h3-11,13H,12H2,1-2H3/p+1/t13-/m1/s1. The molecule has 0 unspecified atom stereocenters. The lowest BCUT2D eigenvalue weighted by atomic mass is 10.1.